The summed E-state index contributed by atoms with van der Waals surface area (Å²) < 4.78 is 2.35. The van der Waals surface area contributed by atoms with E-state index in [1.807, 2.05) is 7.05 Å². The van der Waals surface area contributed by atoms with Gasteiger partial charge in [-0.05, 0) is 49.9 Å². The summed E-state index contributed by atoms with van der Waals surface area (Å²) in [4.78, 5) is 0. The molecule has 0 radical (unpaired) electrons. The van der Waals surface area contributed by atoms with Crippen LogP contribution in [0.2, 0.25) is 0 Å². The van der Waals surface area contributed by atoms with Crippen LogP contribution in [-0.2, 0) is 13.0 Å². The van der Waals surface area contributed by atoms with Gasteiger partial charge in [0.1, 0.15) is 0 Å². The molecule has 1 atom stereocenters. The summed E-state index contributed by atoms with van der Waals surface area (Å²) >= 11 is 0. The third-order valence-corrected chi connectivity index (χ3v) is 3.34. The molecule has 0 amide bonds. The van der Waals surface area contributed by atoms with E-state index in [1.54, 1.807) is 0 Å². The Balaban J connectivity index is 2.30. The summed E-state index contributed by atoms with van der Waals surface area (Å²) in [5.74, 6) is 0. The van der Waals surface area contributed by atoms with Crippen LogP contribution in [0.5, 0.6) is 0 Å². The molecule has 1 aromatic heterocycles. The quantitative estimate of drug-likeness (QED) is 0.834. The van der Waals surface area contributed by atoms with Crippen molar-refractivity contribution >= 4 is 10.9 Å². The van der Waals surface area contributed by atoms with Crippen molar-refractivity contribution in [1.29, 1.82) is 0 Å². The molecule has 1 unspecified atom stereocenters. The van der Waals surface area contributed by atoms with Gasteiger partial charge in [0.15, 0.2) is 0 Å². The molecule has 0 spiro atoms. The van der Waals surface area contributed by atoms with Gasteiger partial charge in [-0.3, -0.25) is 0 Å². The van der Waals surface area contributed by atoms with Crippen LogP contribution >= 0.6 is 0 Å². The smallest absolute Gasteiger partial charge is 0.0483 e. The fourth-order valence-electron chi connectivity index (χ4n) is 2.25. The van der Waals surface area contributed by atoms with Crippen molar-refractivity contribution in [1.82, 2.24) is 9.88 Å². The van der Waals surface area contributed by atoms with Gasteiger partial charge in [-0.25, -0.2) is 0 Å². The van der Waals surface area contributed by atoms with Crippen LogP contribution in [0, 0.1) is 0 Å². The molecule has 0 saturated carbocycles. The summed E-state index contributed by atoms with van der Waals surface area (Å²) in [6.07, 6.45) is 4.46. The molecule has 0 aliphatic heterocycles. The molecule has 1 aromatic carbocycles. The van der Waals surface area contributed by atoms with Gasteiger partial charge >= 0.3 is 0 Å². The fraction of sp³-hybridized carbons (Fsp3) is 0.467. The maximum Gasteiger partial charge on any atom is 0.0483 e. The molecule has 17 heavy (non-hydrogen) atoms. The van der Waals surface area contributed by atoms with Crippen molar-refractivity contribution in [3.05, 3.63) is 36.0 Å². The maximum atomic E-state index is 3.29. The number of fused-ring (bicyclic) bond motifs is 1. The molecule has 0 bridgehead atoms. The number of nitrogens with one attached hydrogen (secondary N) is 1. The Morgan fingerprint density at radius 1 is 1.29 bits per heavy atom. The summed E-state index contributed by atoms with van der Waals surface area (Å²) in [5, 5.41) is 4.63. The zero-order chi connectivity index (χ0) is 12.3. The van der Waals surface area contributed by atoms with Gasteiger partial charge in [-0.2, -0.15) is 0 Å². The molecule has 0 aliphatic rings. The summed E-state index contributed by atoms with van der Waals surface area (Å²) in [6, 6.07) is 9.54. The number of benzene rings is 1. The number of nitrogens with zero attached hydrogens (tertiary/aromatic N) is 1. The van der Waals surface area contributed by atoms with Crippen molar-refractivity contribution in [2.45, 2.75) is 39.3 Å². The summed E-state index contributed by atoms with van der Waals surface area (Å²) in [5.41, 5.74) is 2.78. The first-order valence-electron chi connectivity index (χ1n) is 6.49. The van der Waals surface area contributed by atoms with Crippen LogP contribution in [-0.4, -0.2) is 17.7 Å². The van der Waals surface area contributed by atoms with E-state index >= 15 is 0 Å². The van der Waals surface area contributed by atoms with Gasteiger partial charge in [0, 0.05) is 24.3 Å². The largest absolute Gasteiger partial charge is 0.347 e. The van der Waals surface area contributed by atoms with Crippen molar-refractivity contribution < 1.29 is 0 Å². The van der Waals surface area contributed by atoms with E-state index in [9.17, 15) is 0 Å². The maximum absolute atomic E-state index is 3.29. The summed E-state index contributed by atoms with van der Waals surface area (Å²) in [7, 11) is 2.02. The average molecular weight is 230 g/mol. The normalized spacial score (nSPS) is 13.1. The average Bonchev–Trinajstić information content (AvgIpc) is 2.73. The van der Waals surface area contributed by atoms with E-state index in [0.717, 1.165) is 13.0 Å². The number of hydrogen-bond acceptors (Lipinski definition) is 1. The number of aromatic nitrogens is 1. The second-order valence-corrected chi connectivity index (χ2v) is 4.80. The van der Waals surface area contributed by atoms with Crippen LogP contribution in [0.3, 0.4) is 0 Å². The minimum atomic E-state index is 0.530. The molecule has 0 aliphatic carbocycles. The highest BCUT2D eigenvalue weighted by Crippen LogP contribution is 2.19. The fourth-order valence-corrected chi connectivity index (χ4v) is 2.25. The van der Waals surface area contributed by atoms with Gasteiger partial charge in [-0.1, -0.05) is 19.1 Å². The van der Waals surface area contributed by atoms with Crippen molar-refractivity contribution in [3.8, 4) is 0 Å². The van der Waals surface area contributed by atoms with Gasteiger partial charge < -0.3 is 9.88 Å². The van der Waals surface area contributed by atoms with Crippen LogP contribution < -0.4 is 5.32 Å². The van der Waals surface area contributed by atoms with E-state index in [-0.39, 0.29) is 0 Å². The predicted molar refractivity (Wildman–Crippen MR) is 74.5 cm³/mol. The minimum absolute atomic E-state index is 0.530. The Bertz CT molecular complexity index is 485. The highest BCUT2D eigenvalue weighted by molar-refractivity contribution is 5.80. The number of likely N-dealkylation sites (N-methyl/N-ethyl adjacent to an activating group) is 1. The van der Waals surface area contributed by atoms with E-state index < -0.39 is 0 Å². The third kappa shape index (κ3) is 2.70. The molecular formula is C15H22N2. The molecule has 2 rings (SSSR count). The molecule has 0 fully saturated rings. The zero-order valence-electron chi connectivity index (χ0n) is 11.0. The van der Waals surface area contributed by atoms with Crippen molar-refractivity contribution in [2.24, 2.45) is 0 Å². The van der Waals surface area contributed by atoms with E-state index in [0.29, 0.717) is 6.04 Å². The molecule has 2 heteroatoms. The first-order chi connectivity index (χ1) is 8.24. The second-order valence-electron chi connectivity index (χ2n) is 4.80. The Kier molecular flexibility index (Phi) is 3.85. The van der Waals surface area contributed by atoms with Gasteiger partial charge in [0.05, 0.1) is 0 Å². The number of rotatable bonds is 5. The number of aryl methyl sites for hydroxylation is 1. The first-order valence-corrected chi connectivity index (χ1v) is 6.49. The lowest BCUT2D eigenvalue weighted by Crippen LogP contribution is -2.23. The molecule has 0 saturated heterocycles. The lowest BCUT2D eigenvalue weighted by Gasteiger charge is -2.11. The molecule has 1 heterocycles. The Labute approximate surface area is 104 Å². The lowest BCUT2D eigenvalue weighted by molar-refractivity contribution is 0.608. The lowest BCUT2D eigenvalue weighted by atomic mass is 10.1. The van der Waals surface area contributed by atoms with E-state index in [2.05, 4.69) is 54.2 Å². The van der Waals surface area contributed by atoms with E-state index in [4.69, 9.17) is 0 Å². The van der Waals surface area contributed by atoms with E-state index in [1.165, 1.54) is 22.9 Å². The molecule has 2 aromatic rings. The Hall–Kier alpha value is -1.28. The monoisotopic (exact) mass is 230 g/mol. The predicted octanol–water partition coefficient (Wildman–Crippen LogP) is 3.20. The SMILES string of the molecule is CCCn1ccc2ccc(CC(C)NC)cc21. The molecule has 92 valence electrons. The van der Waals surface area contributed by atoms with Crippen molar-refractivity contribution in [2.75, 3.05) is 7.05 Å². The highest BCUT2D eigenvalue weighted by atomic mass is 14.9. The minimum Gasteiger partial charge on any atom is -0.347 e. The Morgan fingerprint density at radius 3 is 2.82 bits per heavy atom. The van der Waals surface area contributed by atoms with Crippen LogP contribution in [0.25, 0.3) is 10.9 Å². The van der Waals surface area contributed by atoms with Crippen molar-refractivity contribution in [3.63, 3.8) is 0 Å². The topological polar surface area (TPSA) is 17.0 Å². The van der Waals surface area contributed by atoms with Gasteiger partial charge in [0.2, 0.25) is 0 Å². The van der Waals surface area contributed by atoms with Crippen LogP contribution in [0.4, 0.5) is 0 Å². The third-order valence-electron chi connectivity index (χ3n) is 3.34. The first kappa shape index (κ1) is 12.2. The highest BCUT2D eigenvalue weighted by Gasteiger charge is 2.04. The second kappa shape index (κ2) is 5.37. The van der Waals surface area contributed by atoms with Crippen LogP contribution in [0.1, 0.15) is 25.8 Å². The molecule has 1 N–H and O–H groups in total. The number of hydrogen-bond donors (Lipinski definition) is 1. The Morgan fingerprint density at radius 2 is 2.12 bits per heavy atom. The van der Waals surface area contributed by atoms with Crippen LogP contribution in [0.15, 0.2) is 30.5 Å². The zero-order valence-corrected chi connectivity index (χ0v) is 11.0. The molecular weight excluding hydrogens is 208 g/mol. The van der Waals surface area contributed by atoms with Gasteiger partial charge in [-0.15, -0.1) is 0 Å². The molecule has 2 nitrogen and oxygen atoms in total. The summed E-state index contributed by atoms with van der Waals surface area (Å²) in [6.45, 7) is 5.54. The van der Waals surface area contributed by atoms with Gasteiger partial charge in [0.25, 0.3) is 0 Å². The standard InChI is InChI=1S/C15H22N2/c1-4-8-17-9-7-14-6-5-13(11-15(14)17)10-12(2)16-3/h5-7,9,11-12,16H,4,8,10H2,1-3H3.